The van der Waals surface area contributed by atoms with E-state index in [0.717, 1.165) is 17.0 Å². The monoisotopic (exact) mass is 361 g/mol. The number of carbonyl (C=O) groups is 1. The van der Waals surface area contributed by atoms with E-state index >= 15 is 0 Å². The van der Waals surface area contributed by atoms with Crippen molar-refractivity contribution in [2.75, 3.05) is 11.1 Å². The Bertz CT molecular complexity index is 660. The second-order valence-corrected chi connectivity index (χ2v) is 5.85. The highest BCUT2D eigenvalue weighted by Gasteiger charge is 2.30. The van der Waals surface area contributed by atoms with Crippen LogP contribution >= 0.6 is 23.4 Å². The molecule has 122 valence electrons. The molecule has 0 aliphatic heterocycles. The van der Waals surface area contributed by atoms with Crippen molar-refractivity contribution in [2.24, 2.45) is 0 Å². The maximum Gasteiger partial charge on any atom is 0.573 e. The van der Waals surface area contributed by atoms with Crippen molar-refractivity contribution in [2.45, 2.75) is 11.3 Å². The van der Waals surface area contributed by atoms with E-state index in [0.29, 0.717) is 10.7 Å². The fraction of sp³-hybridized carbons (Fsp3) is 0.133. The fourth-order valence-electron chi connectivity index (χ4n) is 1.62. The van der Waals surface area contributed by atoms with Crippen LogP contribution in [0.1, 0.15) is 0 Å². The Labute approximate surface area is 139 Å². The molecule has 1 amide bonds. The molecule has 0 aliphatic carbocycles. The number of anilines is 1. The lowest BCUT2D eigenvalue weighted by Gasteiger charge is -2.10. The Morgan fingerprint density at radius 2 is 1.70 bits per heavy atom. The molecule has 0 spiro atoms. The summed E-state index contributed by atoms with van der Waals surface area (Å²) in [5, 5.41) is 3.20. The summed E-state index contributed by atoms with van der Waals surface area (Å²) in [5.41, 5.74) is 0.390. The zero-order valence-electron chi connectivity index (χ0n) is 11.6. The Hall–Kier alpha value is -1.86. The number of hydrogen-bond acceptors (Lipinski definition) is 3. The van der Waals surface area contributed by atoms with Crippen molar-refractivity contribution < 1.29 is 22.7 Å². The summed E-state index contributed by atoms with van der Waals surface area (Å²) in [4.78, 5) is 12.7. The summed E-state index contributed by atoms with van der Waals surface area (Å²) in [7, 11) is 0. The minimum absolute atomic E-state index is 0.169. The molecule has 0 aliphatic rings. The van der Waals surface area contributed by atoms with Gasteiger partial charge in [0.25, 0.3) is 0 Å². The molecule has 2 rings (SSSR count). The van der Waals surface area contributed by atoms with Gasteiger partial charge in [-0.3, -0.25) is 4.79 Å². The number of thioether (sulfide) groups is 1. The first-order valence-electron chi connectivity index (χ1n) is 6.36. The standard InChI is InChI=1S/C15H11ClF3NO2S/c16-10-1-7-13(8-2-10)23-9-14(21)20-11-3-5-12(6-4-11)22-15(17,18)19/h1-8H,9H2,(H,20,21). The van der Waals surface area contributed by atoms with E-state index in [1.165, 1.54) is 23.9 Å². The molecule has 0 saturated carbocycles. The average molecular weight is 362 g/mol. The maximum atomic E-state index is 12.0. The van der Waals surface area contributed by atoms with Crippen LogP contribution in [0.15, 0.2) is 53.4 Å². The number of carbonyl (C=O) groups excluding carboxylic acids is 1. The Morgan fingerprint density at radius 3 is 2.26 bits per heavy atom. The minimum Gasteiger partial charge on any atom is -0.406 e. The van der Waals surface area contributed by atoms with Gasteiger partial charge in [-0.15, -0.1) is 24.9 Å². The van der Waals surface area contributed by atoms with Gasteiger partial charge in [-0.05, 0) is 48.5 Å². The number of alkyl halides is 3. The third-order valence-electron chi connectivity index (χ3n) is 2.56. The summed E-state index contributed by atoms with van der Waals surface area (Å²) < 4.78 is 39.9. The number of halogens is 4. The largest absolute Gasteiger partial charge is 0.573 e. The highest BCUT2D eigenvalue weighted by molar-refractivity contribution is 8.00. The van der Waals surface area contributed by atoms with Gasteiger partial charge in [0, 0.05) is 15.6 Å². The lowest BCUT2D eigenvalue weighted by atomic mass is 10.3. The minimum atomic E-state index is -4.74. The highest BCUT2D eigenvalue weighted by Crippen LogP contribution is 2.24. The van der Waals surface area contributed by atoms with Crippen LogP contribution in [0.2, 0.25) is 5.02 Å². The average Bonchev–Trinajstić information content (AvgIpc) is 2.47. The maximum absolute atomic E-state index is 12.0. The number of hydrogen-bond donors (Lipinski definition) is 1. The van der Waals surface area contributed by atoms with Crippen LogP contribution in [0.4, 0.5) is 18.9 Å². The van der Waals surface area contributed by atoms with Gasteiger partial charge in [-0.2, -0.15) is 0 Å². The number of ether oxygens (including phenoxy) is 1. The van der Waals surface area contributed by atoms with Gasteiger partial charge < -0.3 is 10.1 Å². The Balaban J connectivity index is 1.84. The van der Waals surface area contributed by atoms with Crippen LogP contribution in [0.3, 0.4) is 0 Å². The molecule has 0 unspecified atom stereocenters. The van der Waals surface area contributed by atoms with Gasteiger partial charge in [0.2, 0.25) is 5.91 Å². The third kappa shape index (κ3) is 6.42. The number of amides is 1. The summed E-state index contributed by atoms with van der Waals surface area (Å²) in [6.45, 7) is 0. The van der Waals surface area contributed by atoms with Crippen molar-refractivity contribution in [3.05, 3.63) is 53.6 Å². The van der Waals surface area contributed by atoms with Crippen LogP contribution in [-0.2, 0) is 4.79 Å². The summed E-state index contributed by atoms with van der Waals surface area (Å²) in [6, 6.07) is 12.0. The van der Waals surface area contributed by atoms with Crippen molar-refractivity contribution in [3.63, 3.8) is 0 Å². The zero-order valence-corrected chi connectivity index (χ0v) is 13.1. The van der Waals surface area contributed by atoms with E-state index in [4.69, 9.17) is 11.6 Å². The summed E-state index contributed by atoms with van der Waals surface area (Å²) >= 11 is 7.09. The smallest absolute Gasteiger partial charge is 0.406 e. The predicted molar refractivity (Wildman–Crippen MR) is 83.9 cm³/mol. The van der Waals surface area contributed by atoms with Crippen LogP contribution in [0.5, 0.6) is 5.75 Å². The molecule has 1 N–H and O–H groups in total. The second-order valence-electron chi connectivity index (χ2n) is 4.36. The van der Waals surface area contributed by atoms with Crippen LogP contribution in [0.25, 0.3) is 0 Å². The molecule has 3 nitrogen and oxygen atoms in total. The molecular formula is C15H11ClF3NO2S. The van der Waals surface area contributed by atoms with Crippen LogP contribution in [-0.4, -0.2) is 18.0 Å². The zero-order chi connectivity index (χ0) is 16.9. The van der Waals surface area contributed by atoms with E-state index < -0.39 is 6.36 Å². The number of benzene rings is 2. The Kier molecular flexibility index (Phi) is 5.79. The van der Waals surface area contributed by atoms with Crippen molar-refractivity contribution in [1.29, 1.82) is 0 Å². The molecule has 0 saturated heterocycles. The first-order valence-corrected chi connectivity index (χ1v) is 7.72. The van der Waals surface area contributed by atoms with Gasteiger partial charge in [0.1, 0.15) is 5.75 Å². The molecule has 0 atom stereocenters. The van der Waals surface area contributed by atoms with E-state index in [9.17, 15) is 18.0 Å². The van der Waals surface area contributed by atoms with Crippen LogP contribution in [0, 0.1) is 0 Å². The number of rotatable bonds is 5. The molecule has 0 fully saturated rings. The molecular weight excluding hydrogens is 351 g/mol. The van der Waals surface area contributed by atoms with Gasteiger partial charge in [-0.1, -0.05) is 11.6 Å². The predicted octanol–water partition coefficient (Wildman–Crippen LogP) is 4.97. The number of nitrogens with one attached hydrogen (secondary N) is 1. The normalized spacial score (nSPS) is 11.1. The van der Waals surface area contributed by atoms with E-state index in [1.54, 1.807) is 24.3 Å². The molecule has 0 radical (unpaired) electrons. The topological polar surface area (TPSA) is 38.3 Å². The first-order chi connectivity index (χ1) is 10.8. The van der Waals surface area contributed by atoms with Crippen LogP contribution < -0.4 is 10.1 Å². The van der Waals surface area contributed by atoms with Crippen molar-refractivity contribution in [3.8, 4) is 5.75 Å². The molecule has 0 aromatic heterocycles. The second kappa shape index (κ2) is 7.61. The van der Waals surface area contributed by atoms with Gasteiger partial charge in [0.05, 0.1) is 5.75 Å². The van der Waals surface area contributed by atoms with Crippen molar-refractivity contribution >= 4 is 35.0 Å². The van der Waals surface area contributed by atoms with Gasteiger partial charge in [-0.25, -0.2) is 0 Å². The first kappa shape index (κ1) is 17.5. The van der Waals surface area contributed by atoms with E-state index in [2.05, 4.69) is 10.1 Å². The molecule has 8 heteroatoms. The van der Waals surface area contributed by atoms with E-state index in [-0.39, 0.29) is 17.4 Å². The summed E-state index contributed by atoms with van der Waals surface area (Å²) in [5.74, 6) is -0.442. The quantitative estimate of drug-likeness (QED) is 0.764. The lowest BCUT2D eigenvalue weighted by Crippen LogP contribution is -2.17. The Morgan fingerprint density at radius 1 is 1.09 bits per heavy atom. The van der Waals surface area contributed by atoms with Gasteiger partial charge in [0.15, 0.2) is 0 Å². The molecule has 0 bridgehead atoms. The highest BCUT2D eigenvalue weighted by atomic mass is 35.5. The lowest BCUT2D eigenvalue weighted by molar-refractivity contribution is -0.274. The SMILES string of the molecule is O=C(CSc1ccc(Cl)cc1)Nc1ccc(OC(F)(F)F)cc1. The van der Waals surface area contributed by atoms with Crippen molar-refractivity contribution in [1.82, 2.24) is 0 Å². The molecule has 0 heterocycles. The molecule has 2 aromatic rings. The van der Waals surface area contributed by atoms with E-state index in [1.807, 2.05) is 0 Å². The fourth-order valence-corrected chi connectivity index (χ4v) is 2.44. The molecule has 2 aromatic carbocycles. The summed E-state index contributed by atoms with van der Waals surface area (Å²) in [6.07, 6.45) is -4.74. The molecule has 23 heavy (non-hydrogen) atoms. The third-order valence-corrected chi connectivity index (χ3v) is 3.82. The van der Waals surface area contributed by atoms with Gasteiger partial charge >= 0.3 is 6.36 Å².